The Kier molecular flexibility index (Phi) is 7.29. The van der Waals surface area contributed by atoms with Crippen molar-refractivity contribution in [2.24, 2.45) is 5.92 Å². The van der Waals surface area contributed by atoms with Gasteiger partial charge in [-0.25, -0.2) is 0 Å². The van der Waals surface area contributed by atoms with E-state index in [1.165, 1.54) is 0 Å². The van der Waals surface area contributed by atoms with Crippen molar-refractivity contribution >= 4 is 33.7 Å². The molecule has 13 heavy (non-hydrogen) atoms. The molecule has 0 aromatic heterocycles. The van der Waals surface area contributed by atoms with Crippen LogP contribution in [0.15, 0.2) is 0 Å². The number of rotatable bonds is 7. The molecular formula is C9H14Cl2O2. The third-order valence-corrected chi connectivity index (χ3v) is 2.46. The van der Waals surface area contributed by atoms with Gasteiger partial charge >= 0.3 is 0 Å². The van der Waals surface area contributed by atoms with E-state index in [1.54, 1.807) is 0 Å². The quantitative estimate of drug-likeness (QED) is 0.492. The van der Waals surface area contributed by atoms with Gasteiger partial charge in [0, 0.05) is 12.3 Å². The molecule has 0 saturated carbocycles. The smallest absolute Gasteiger partial charge is 0.224 e. The molecular weight excluding hydrogens is 211 g/mol. The Balaban J connectivity index is 3.26. The van der Waals surface area contributed by atoms with Crippen LogP contribution < -0.4 is 0 Å². The molecule has 2 nitrogen and oxygen atoms in total. The largest absolute Gasteiger partial charge is 0.281 e. The van der Waals surface area contributed by atoms with Crippen molar-refractivity contribution in [3.05, 3.63) is 0 Å². The molecule has 0 heterocycles. The van der Waals surface area contributed by atoms with Crippen molar-refractivity contribution < 1.29 is 9.59 Å². The summed E-state index contributed by atoms with van der Waals surface area (Å²) in [4.78, 5) is 20.9. The zero-order valence-corrected chi connectivity index (χ0v) is 9.20. The summed E-state index contributed by atoms with van der Waals surface area (Å²) in [6.45, 7) is 1.81. The second-order valence-corrected chi connectivity index (χ2v) is 3.95. The topological polar surface area (TPSA) is 34.1 Å². The minimum absolute atomic E-state index is 0.0756. The number of hydrogen-bond donors (Lipinski definition) is 0. The van der Waals surface area contributed by atoms with Gasteiger partial charge in [0.25, 0.3) is 0 Å². The van der Waals surface area contributed by atoms with Crippen LogP contribution in [0, 0.1) is 5.92 Å². The zero-order valence-electron chi connectivity index (χ0n) is 7.69. The molecule has 1 atom stereocenters. The van der Waals surface area contributed by atoms with E-state index in [0.29, 0.717) is 6.42 Å². The third-order valence-electron chi connectivity index (χ3n) is 1.90. The van der Waals surface area contributed by atoms with Crippen LogP contribution in [0.5, 0.6) is 0 Å². The van der Waals surface area contributed by atoms with Gasteiger partial charge in [0.05, 0.1) is 0 Å². The summed E-state index contributed by atoms with van der Waals surface area (Å²) >= 11 is 10.4. The van der Waals surface area contributed by atoms with E-state index in [4.69, 9.17) is 23.2 Å². The van der Waals surface area contributed by atoms with Crippen molar-refractivity contribution in [2.45, 2.75) is 39.0 Å². The van der Waals surface area contributed by atoms with Gasteiger partial charge in [0.2, 0.25) is 10.5 Å². The Morgan fingerprint density at radius 3 is 2.23 bits per heavy atom. The molecule has 76 valence electrons. The number of halogens is 2. The minimum Gasteiger partial charge on any atom is -0.281 e. The summed E-state index contributed by atoms with van der Waals surface area (Å²) in [6, 6.07) is 0. The van der Waals surface area contributed by atoms with Gasteiger partial charge in [-0.15, -0.1) is 0 Å². The second-order valence-electron chi connectivity index (χ2n) is 3.16. The van der Waals surface area contributed by atoms with Crippen LogP contribution in [0.2, 0.25) is 0 Å². The van der Waals surface area contributed by atoms with Crippen molar-refractivity contribution in [2.75, 3.05) is 0 Å². The maximum atomic E-state index is 10.6. The minimum atomic E-state index is -0.290. The summed E-state index contributed by atoms with van der Waals surface area (Å²) in [6.07, 6.45) is 3.85. The third kappa shape index (κ3) is 8.26. The number of carbonyl (C=O) groups excluding carboxylic acids is 2. The summed E-state index contributed by atoms with van der Waals surface area (Å²) in [5, 5.41) is -0.574. The Hall–Kier alpha value is -0.0800. The Labute approximate surface area is 88.6 Å². The first-order chi connectivity index (χ1) is 6.04. The molecule has 0 fully saturated rings. The van der Waals surface area contributed by atoms with Crippen LogP contribution in [0.25, 0.3) is 0 Å². The fourth-order valence-corrected chi connectivity index (χ4v) is 1.25. The molecule has 0 aromatic rings. The van der Waals surface area contributed by atoms with Crippen LogP contribution in [0.3, 0.4) is 0 Å². The first kappa shape index (κ1) is 12.9. The molecule has 1 unspecified atom stereocenters. The van der Waals surface area contributed by atoms with E-state index < -0.39 is 0 Å². The first-order valence-electron chi connectivity index (χ1n) is 4.41. The fraction of sp³-hybridized carbons (Fsp3) is 0.778. The highest BCUT2D eigenvalue weighted by Gasteiger charge is 2.08. The molecule has 0 aromatic carbocycles. The second kappa shape index (κ2) is 7.34. The van der Waals surface area contributed by atoms with Crippen molar-refractivity contribution in [3.63, 3.8) is 0 Å². The molecule has 0 bridgehead atoms. The van der Waals surface area contributed by atoms with Crippen LogP contribution in [0.1, 0.15) is 39.0 Å². The van der Waals surface area contributed by atoms with E-state index in [2.05, 4.69) is 0 Å². The first-order valence-corrected chi connectivity index (χ1v) is 5.17. The van der Waals surface area contributed by atoms with Gasteiger partial charge in [-0.2, -0.15) is 0 Å². The molecule has 0 aliphatic rings. The summed E-state index contributed by atoms with van der Waals surface area (Å²) in [7, 11) is 0. The monoisotopic (exact) mass is 224 g/mol. The number of unbranched alkanes of at least 4 members (excludes halogenated alkanes) is 2. The lowest BCUT2D eigenvalue weighted by atomic mass is 10.0. The molecule has 0 amide bonds. The Bertz CT molecular complexity index is 180. The number of hydrogen-bond acceptors (Lipinski definition) is 2. The van der Waals surface area contributed by atoms with Gasteiger partial charge in [-0.3, -0.25) is 9.59 Å². The lowest BCUT2D eigenvalue weighted by Crippen LogP contribution is -2.03. The average Bonchev–Trinajstić information content (AvgIpc) is 2.02. The molecule has 0 N–H and O–H groups in total. The van der Waals surface area contributed by atoms with Gasteiger partial charge in [0.15, 0.2) is 0 Å². The van der Waals surface area contributed by atoms with Crippen LogP contribution in [-0.4, -0.2) is 10.5 Å². The summed E-state index contributed by atoms with van der Waals surface area (Å²) in [5.41, 5.74) is 0. The predicted octanol–water partition coefficient (Wildman–Crippen LogP) is 3.10. The van der Waals surface area contributed by atoms with Gasteiger partial charge in [-0.05, 0) is 36.0 Å². The van der Waals surface area contributed by atoms with Crippen molar-refractivity contribution in [1.29, 1.82) is 0 Å². The number of carbonyl (C=O) groups is 2. The lowest BCUT2D eigenvalue weighted by molar-refractivity contribution is -0.115. The standard InChI is InChI=1S/C9H14Cl2O2/c1-7(9(11)13)5-3-2-4-6-8(10)12/h7H,2-6H2,1H3. The van der Waals surface area contributed by atoms with E-state index >= 15 is 0 Å². The van der Waals surface area contributed by atoms with Gasteiger partial charge in [-0.1, -0.05) is 19.8 Å². The van der Waals surface area contributed by atoms with E-state index in [9.17, 15) is 9.59 Å². The highest BCUT2D eigenvalue weighted by Crippen LogP contribution is 2.13. The van der Waals surface area contributed by atoms with Gasteiger partial charge in [0.1, 0.15) is 0 Å². The molecule has 0 aliphatic heterocycles. The average molecular weight is 225 g/mol. The van der Waals surface area contributed by atoms with Crippen molar-refractivity contribution in [1.82, 2.24) is 0 Å². The van der Waals surface area contributed by atoms with Gasteiger partial charge < -0.3 is 0 Å². The Morgan fingerprint density at radius 2 is 1.77 bits per heavy atom. The van der Waals surface area contributed by atoms with Crippen LogP contribution in [-0.2, 0) is 9.59 Å². The maximum absolute atomic E-state index is 10.6. The predicted molar refractivity (Wildman–Crippen MR) is 54.0 cm³/mol. The zero-order chi connectivity index (χ0) is 10.3. The van der Waals surface area contributed by atoms with Crippen LogP contribution >= 0.6 is 23.2 Å². The maximum Gasteiger partial charge on any atom is 0.224 e. The molecule has 0 radical (unpaired) electrons. The Morgan fingerprint density at radius 1 is 1.15 bits per heavy atom. The SMILES string of the molecule is CC(CCCCCC(=O)Cl)C(=O)Cl. The van der Waals surface area contributed by atoms with E-state index in [0.717, 1.165) is 25.7 Å². The fourth-order valence-electron chi connectivity index (χ4n) is 1.00. The summed E-state index contributed by atoms with van der Waals surface area (Å²) in [5.74, 6) is -0.0756. The van der Waals surface area contributed by atoms with E-state index in [1.807, 2.05) is 6.92 Å². The molecule has 0 rings (SSSR count). The lowest BCUT2D eigenvalue weighted by Gasteiger charge is -2.04. The molecule has 0 spiro atoms. The highest BCUT2D eigenvalue weighted by molar-refractivity contribution is 6.64. The highest BCUT2D eigenvalue weighted by atomic mass is 35.5. The van der Waals surface area contributed by atoms with E-state index in [-0.39, 0.29) is 16.4 Å². The normalized spacial score (nSPS) is 12.5. The van der Waals surface area contributed by atoms with Crippen molar-refractivity contribution in [3.8, 4) is 0 Å². The molecule has 4 heteroatoms. The summed E-state index contributed by atoms with van der Waals surface area (Å²) < 4.78 is 0. The van der Waals surface area contributed by atoms with Crippen LogP contribution in [0.4, 0.5) is 0 Å². The molecule has 0 aliphatic carbocycles. The molecule has 0 saturated heterocycles.